The standard InChI is InChI=1S/C32H30Cl2IN3O4S/c1-2-36-32(40)30(20-23-9-5-3-6-10-23)37(21-24-13-18-28(33)29(34)19-24)31(39)22-38(26-16-14-25(35)15-17-26)43(41,42)27-11-7-4-8-12-27/h3-19,30H,2,20-22H2,1H3,(H,36,40). The van der Waals surface area contributed by atoms with Crippen LogP contribution in [0.15, 0.2) is 108 Å². The van der Waals surface area contributed by atoms with Crippen LogP contribution in [0, 0.1) is 3.57 Å². The molecule has 0 radical (unpaired) electrons. The van der Waals surface area contributed by atoms with Crippen LogP contribution < -0.4 is 9.62 Å². The summed E-state index contributed by atoms with van der Waals surface area (Å²) in [7, 11) is -4.15. The molecule has 11 heteroatoms. The van der Waals surface area contributed by atoms with Crippen molar-refractivity contribution in [3.05, 3.63) is 128 Å². The first-order valence-corrected chi connectivity index (χ1v) is 16.8. The second-order valence-corrected chi connectivity index (χ2v) is 13.6. The van der Waals surface area contributed by atoms with Crippen LogP contribution in [0.1, 0.15) is 18.1 Å². The molecule has 1 unspecified atom stereocenters. The summed E-state index contributed by atoms with van der Waals surface area (Å²) in [6.45, 7) is 1.61. The minimum atomic E-state index is -4.15. The molecule has 43 heavy (non-hydrogen) atoms. The van der Waals surface area contributed by atoms with Crippen LogP contribution in [0.4, 0.5) is 5.69 Å². The molecule has 0 fully saturated rings. The van der Waals surface area contributed by atoms with Crippen molar-refractivity contribution in [2.45, 2.75) is 30.8 Å². The van der Waals surface area contributed by atoms with Crippen LogP contribution in [-0.4, -0.2) is 44.3 Å². The highest BCUT2D eigenvalue weighted by Gasteiger charge is 2.34. The van der Waals surface area contributed by atoms with Gasteiger partial charge in [-0.05, 0) is 89.2 Å². The summed E-state index contributed by atoms with van der Waals surface area (Å²) in [6.07, 6.45) is 0.217. The zero-order valence-corrected chi connectivity index (χ0v) is 27.8. The van der Waals surface area contributed by atoms with Gasteiger partial charge < -0.3 is 10.2 Å². The Morgan fingerprint density at radius 1 is 0.837 bits per heavy atom. The van der Waals surface area contributed by atoms with Crippen molar-refractivity contribution in [3.63, 3.8) is 0 Å². The van der Waals surface area contributed by atoms with Gasteiger partial charge in [0.15, 0.2) is 0 Å². The van der Waals surface area contributed by atoms with Crippen molar-refractivity contribution in [1.82, 2.24) is 10.2 Å². The van der Waals surface area contributed by atoms with Gasteiger partial charge >= 0.3 is 0 Å². The highest BCUT2D eigenvalue weighted by molar-refractivity contribution is 14.1. The minimum Gasteiger partial charge on any atom is -0.355 e. The predicted octanol–water partition coefficient (Wildman–Crippen LogP) is 6.57. The maximum Gasteiger partial charge on any atom is 0.264 e. The lowest BCUT2D eigenvalue weighted by Crippen LogP contribution is -2.53. The molecule has 7 nitrogen and oxygen atoms in total. The van der Waals surface area contributed by atoms with E-state index >= 15 is 0 Å². The Hall–Kier alpha value is -3.12. The van der Waals surface area contributed by atoms with E-state index < -0.39 is 28.5 Å². The van der Waals surface area contributed by atoms with Crippen LogP contribution in [0.5, 0.6) is 0 Å². The molecule has 0 aliphatic heterocycles. The van der Waals surface area contributed by atoms with E-state index in [0.29, 0.717) is 27.8 Å². The summed E-state index contributed by atoms with van der Waals surface area (Å²) >= 11 is 14.6. The van der Waals surface area contributed by atoms with Gasteiger partial charge in [0.2, 0.25) is 11.8 Å². The van der Waals surface area contributed by atoms with Crippen molar-refractivity contribution in [1.29, 1.82) is 0 Å². The molecule has 0 aliphatic rings. The normalized spacial score (nSPS) is 11.9. The predicted molar refractivity (Wildman–Crippen MR) is 180 cm³/mol. The number of halogens is 3. The topological polar surface area (TPSA) is 86.8 Å². The van der Waals surface area contributed by atoms with Crippen molar-refractivity contribution < 1.29 is 18.0 Å². The quantitative estimate of drug-likeness (QED) is 0.166. The first-order valence-electron chi connectivity index (χ1n) is 13.5. The molecular weight excluding hydrogens is 720 g/mol. The number of carbonyl (C=O) groups is 2. The summed E-state index contributed by atoms with van der Waals surface area (Å²) in [5.41, 5.74) is 1.80. The van der Waals surface area contributed by atoms with Crippen molar-refractivity contribution >= 4 is 73.3 Å². The van der Waals surface area contributed by atoms with Gasteiger partial charge in [0.1, 0.15) is 12.6 Å². The number of benzene rings is 4. The van der Waals surface area contributed by atoms with Crippen LogP contribution in [0.25, 0.3) is 0 Å². The van der Waals surface area contributed by atoms with E-state index in [2.05, 4.69) is 27.9 Å². The highest BCUT2D eigenvalue weighted by atomic mass is 127. The molecule has 4 aromatic rings. The fourth-order valence-electron chi connectivity index (χ4n) is 4.54. The highest BCUT2D eigenvalue weighted by Crippen LogP contribution is 2.27. The van der Waals surface area contributed by atoms with E-state index in [1.165, 1.54) is 17.0 Å². The third-order valence-corrected chi connectivity index (χ3v) is 9.93. The van der Waals surface area contributed by atoms with Gasteiger partial charge in [0, 0.05) is 23.1 Å². The first kappa shape index (κ1) is 32.8. The number of hydrogen-bond donors (Lipinski definition) is 1. The average molecular weight is 750 g/mol. The lowest BCUT2D eigenvalue weighted by atomic mass is 10.0. The molecule has 0 bridgehead atoms. The summed E-state index contributed by atoms with van der Waals surface area (Å²) < 4.78 is 29.9. The Morgan fingerprint density at radius 3 is 2.07 bits per heavy atom. The lowest BCUT2D eigenvalue weighted by Gasteiger charge is -2.34. The molecule has 0 saturated carbocycles. The molecule has 224 valence electrons. The third kappa shape index (κ3) is 8.50. The number of rotatable bonds is 12. The van der Waals surface area contributed by atoms with Crippen LogP contribution >= 0.6 is 45.8 Å². The maximum absolute atomic E-state index is 14.3. The molecule has 0 aromatic heterocycles. The van der Waals surface area contributed by atoms with Crippen molar-refractivity contribution in [2.24, 2.45) is 0 Å². The molecule has 1 N–H and O–H groups in total. The number of nitrogens with zero attached hydrogens (tertiary/aromatic N) is 2. The molecule has 0 saturated heterocycles. The second kappa shape index (κ2) is 15.1. The Bertz CT molecular complexity index is 1660. The van der Waals surface area contributed by atoms with Crippen LogP contribution in [0.2, 0.25) is 10.0 Å². The Morgan fingerprint density at radius 2 is 1.47 bits per heavy atom. The number of amides is 2. The summed E-state index contributed by atoms with van der Waals surface area (Å²) in [5.74, 6) is -0.914. The smallest absolute Gasteiger partial charge is 0.264 e. The van der Waals surface area contributed by atoms with E-state index in [0.717, 1.165) is 13.4 Å². The number of carbonyl (C=O) groups excluding carboxylic acids is 2. The third-order valence-electron chi connectivity index (χ3n) is 6.68. The first-order chi connectivity index (χ1) is 20.6. The molecule has 1 atom stereocenters. The van der Waals surface area contributed by atoms with Crippen molar-refractivity contribution in [2.75, 3.05) is 17.4 Å². The van der Waals surface area contributed by atoms with E-state index in [4.69, 9.17) is 23.2 Å². The number of sulfonamides is 1. The Kier molecular flexibility index (Phi) is 11.5. The number of anilines is 1. The van der Waals surface area contributed by atoms with E-state index in [-0.39, 0.29) is 23.8 Å². The van der Waals surface area contributed by atoms with Crippen LogP contribution in [-0.2, 0) is 32.6 Å². The summed E-state index contributed by atoms with van der Waals surface area (Å²) in [5, 5.41) is 3.50. The van der Waals surface area contributed by atoms with Crippen LogP contribution in [0.3, 0.4) is 0 Å². The lowest BCUT2D eigenvalue weighted by molar-refractivity contribution is -0.140. The summed E-state index contributed by atoms with van der Waals surface area (Å²) in [6, 6.07) is 28.2. The fourth-order valence-corrected chi connectivity index (χ4v) is 6.65. The molecule has 4 rings (SSSR count). The molecule has 2 amide bonds. The molecule has 0 spiro atoms. The molecule has 0 aliphatic carbocycles. The fraction of sp³-hybridized carbons (Fsp3) is 0.188. The van der Waals surface area contributed by atoms with Gasteiger partial charge in [-0.15, -0.1) is 0 Å². The average Bonchev–Trinajstić information content (AvgIpc) is 3.01. The Balaban J connectivity index is 1.80. The zero-order valence-electron chi connectivity index (χ0n) is 23.3. The largest absolute Gasteiger partial charge is 0.355 e. The van der Waals surface area contributed by atoms with Gasteiger partial charge in [-0.3, -0.25) is 13.9 Å². The molecule has 4 aromatic carbocycles. The SMILES string of the molecule is CCNC(=O)C(Cc1ccccc1)N(Cc1ccc(Cl)c(Cl)c1)C(=O)CN(c1ccc(I)cc1)S(=O)(=O)c1ccccc1. The number of likely N-dealkylation sites (N-methyl/N-ethyl adjacent to an activating group) is 1. The van der Waals surface area contributed by atoms with Gasteiger partial charge in [0.25, 0.3) is 10.0 Å². The van der Waals surface area contributed by atoms with E-state index in [9.17, 15) is 18.0 Å². The van der Waals surface area contributed by atoms with Gasteiger partial charge in [-0.25, -0.2) is 8.42 Å². The van der Waals surface area contributed by atoms with E-state index in [1.807, 2.05) is 30.3 Å². The number of nitrogens with one attached hydrogen (secondary N) is 1. The van der Waals surface area contributed by atoms with Gasteiger partial charge in [-0.1, -0.05) is 77.8 Å². The zero-order chi connectivity index (χ0) is 31.0. The molecular formula is C32H30Cl2IN3O4S. The summed E-state index contributed by atoms with van der Waals surface area (Å²) in [4.78, 5) is 29.3. The Labute approximate surface area is 276 Å². The van der Waals surface area contributed by atoms with Gasteiger partial charge in [0.05, 0.1) is 20.6 Å². The molecule has 0 heterocycles. The van der Waals surface area contributed by atoms with Gasteiger partial charge in [-0.2, -0.15) is 0 Å². The van der Waals surface area contributed by atoms with E-state index in [1.54, 1.807) is 67.6 Å². The minimum absolute atomic E-state index is 0.00370. The van der Waals surface area contributed by atoms with Crippen molar-refractivity contribution in [3.8, 4) is 0 Å². The second-order valence-electron chi connectivity index (χ2n) is 9.67. The maximum atomic E-state index is 14.3. The number of hydrogen-bond acceptors (Lipinski definition) is 4. The monoisotopic (exact) mass is 749 g/mol.